The number of benzene rings is 2. The predicted molar refractivity (Wildman–Crippen MR) is 89.9 cm³/mol. The molecule has 2 aromatic carbocycles. The van der Waals surface area contributed by atoms with Crippen molar-refractivity contribution in [1.82, 2.24) is 9.55 Å². The molecule has 0 radical (unpaired) electrons. The number of aromatic nitrogens is 2. The smallest absolute Gasteiger partial charge is 0.129 e. The molecule has 21 heavy (non-hydrogen) atoms. The molecule has 0 atom stereocenters. The minimum atomic E-state index is 0.312. The number of ether oxygens (including phenoxy) is 1. The fourth-order valence-electron chi connectivity index (χ4n) is 2.26. The zero-order valence-corrected chi connectivity index (χ0v) is 14.2. The molecule has 0 aliphatic carbocycles. The van der Waals surface area contributed by atoms with Crippen LogP contribution in [0.2, 0.25) is 5.02 Å². The Hall–Kier alpha value is -1.23. The molecule has 1 aromatic heterocycles. The van der Waals surface area contributed by atoms with Crippen LogP contribution in [0.15, 0.2) is 40.9 Å². The van der Waals surface area contributed by atoms with Crippen LogP contribution >= 0.6 is 39.1 Å². The van der Waals surface area contributed by atoms with Crippen molar-refractivity contribution in [3.63, 3.8) is 0 Å². The van der Waals surface area contributed by atoms with Crippen molar-refractivity contribution in [3.05, 3.63) is 51.7 Å². The third kappa shape index (κ3) is 2.63. The van der Waals surface area contributed by atoms with Crippen LogP contribution < -0.4 is 4.74 Å². The summed E-state index contributed by atoms with van der Waals surface area (Å²) in [7, 11) is 1.64. The zero-order chi connectivity index (χ0) is 15.0. The van der Waals surface area contributed by atoms with Gasteiger partial charge in [-0.05, 0) is 46.3 Å². The van der Waals surface area contributed by atoms with E-state index in [1.165, 1.54) is 0 Å². The number of halogens is 3. The van der Waals surface area contributed by atoms with Crippen LogP contribution in [0.4, 0.5) is 0 Å². The average Bonchev–Trinajstić information content (AvgIpc) is 2.84. The third-order valence-corrected chi connectivity index (χ3v) is 4.31. The first kappa shape index (κ1) is 14.7. The summed E-state index contributed by atoms with van der Waals surface area (Å²) in [5.74, 6) is 1.85. The summed E-state index contributed by atoms with van der Waals surface area (Å²) in [6, 6.07) is 11.4. The molecule has 3 aromatic rings. The topological polar surface area (TPSA) is 27.1 Å². The van der Waals surface area contributed by atoms with Gasteiger partial charge in [0.25, 0.3) is 0 Å². The van der Waals surface area contributed by atoms with Crippen molar-refractivity contribution in [3.8, 4) is 11.4 Å². The van der Waals surface area contributed by atoms with Gasteiger partial charge in [-0.15, -0.1) is 11.6 Å². The molecule has 0 spiro atoms. The molecule has 0 aliphatic heterocycles. The van der Waals surface area contributed by atoms with E-state index in [0.29, 0.717) is 10.9 Å². The van der Waals surface area contributed by atoms with Gasteiger partial charge in [0.1, 0.15) is 11.6 Å². The van der Waals surface area contributed by atoms with E-state index in [9.17, 15) is 0 Å². The summed E-state index contributed by atoms with van der Waals surface area (Å²) in [6.07, 6.45) is 0. The number of alkyl halides is 1. The van der Waals surface area contributed by atoms with Crippen molar-refractivity contribution in [1.29, 1.82) is 0 Å². The lowest BCUT2D eigenvalue weighted by Crippen LogP contribution is -2.00. The Balaban J connectivity index is 2.29. The highest BCUT2D eigenvalue weighted by molar-refractivity contribution is 9.10. The number of imidazole rings is 1. The minimum Gasteiger partial charge on any atom is -0.497 e. The Bertz CT molecular complexity index is 817. The Morgan fingerprint density at radius 2 is 2.05 bits per heavy atom. The maximum atomic E-state index is 6.05. The first-order chi connectivity index (χ1) is 10.1. The predicted octanol–water partition coefficient (Wildman–Crippen LogP) is 5.19. The van der Waals surface area contributed by atoms with Crippen molar-refractivity contribution >= 4 is 50.2 Å². The second-order valence-corrected chi connectivity index (χ2v) is 6.01. The molecule has 3 rings (SSSR count). The van der Waals surface area contributed by atoms with E-state index in [0.717, 1.165) is 32.8 Å². The van der Waals surface area contributed by atoms with Gasteiger partial charge in [-0.3, -0.25) is 4.57 Å². The summed E-state index contributed by atoms with van der Waals surface area (Å²) in [5, 5.41) is 0.670. The first-order valence-corrected chi connectivity index (χ1v) is 7.91. The van der Waals surface area contributed by atoms with Gasteiger partial charge in [-0.1, -0.05) is 11.6 Å². The molecule has 0 aliphatic rings. The minimum absolute atomic E-state index is 0.312. The highest BCUT2D eigenvalue weighted by atomic mass is 79.9. The highest BCUT2D eigenvalue weighted by Gasteiger charge is 2.14. The van der Waals surface area contributed by atoms with E-state index in [-0.39, 0.29) is 0 Å². The van der Waals surface area contributed by atoms with Crippen molar-refractivity contribution in [2.24, 2.45) is 0 Å². The van der Waals surface area contributed by atoms with Gasteiger partial charge < -0.3 is 4.74 Å². The van der Waals surface area contributed by atoms with E-state index in [1.54, 1.807) is 7.11 Å². The maximum Gasteiger partial charge on any atom is 0.129 e. The van der Waals surface area contributed by atoms with Crippen LogP contribution in [0.25, 0.3) is 16.7 Å². The Morgan fingerprint density at radius 3 is 2.71 bits per heavy atom. The fourth-order valence-corrected chi connectivity index (χ4v) is 3.30. The third-order valence-electron chi connectivity index (χ3n) is 3.20. The highest BCUT2D eigenvalue weighted by Crippen LogP contribution is 2.31. The summed E-state index contributed by atoms with van der Waals surface area (Å²) >= 11 is 15.6. The number of rotatable bonds is 3. The second-order valence-electron chi connectivity index (χ2n) is 4.45. The Morgan fingerprint density at radius 1 is 1.24 bits per heavy atom. The standard InChI is InChI=1S/C15H11BrCl2N2O/c1-21-10-3-5-14-12(7-10)19-15(8-17)20(14)13-4-2-9(18)6-11(13)16/h2-7H,8H2,1H3. The molecule has 108 valence electrons. The van der Waals surface area contributed by atoms with Crippen molar-refractivity contribution < 1.29 is 4.74 Å². The normalized spacial score (nSPS) is 11.0. The molecule has 0 N–H and O–H groups in total. The Kier molecular flexibility index (Phi) is 4.11. The van der Waals surface area contributed by atoms with Gasteiger partial charge in [-0.25, -0.2) is 4.98 Å². The lowest BCUT2D eigenvalue weighted by Gasteiger charge is -2.10. The molecule has 0 unspecified atom stereocenters. The van der Waals surface area contributed by atoms with Crippen LogP contribution in [0.5, 0.6) is 5.75 Å². The molecule has 0 saturated heterocycles. The summed E-state index contributed by atoms with van der Waals surface area (Å²) in [5.41, 5.74) is 2.75. The van der Waals surface area contributed by atoms with Crippen LogP contribution in [0.1, 0.15) is 5.82 Å². The number of methoxy groups -OCH3 is 1. The van der Waals surface area contributed by atoms with Crippen LogP contribution in [0, 0.1) is 0 Å². The molecule has 0 fully saturated rings. The Labute approximate surface area is 140 Å². The number of hydrogen-bond acceptors (Lipinski definition) is 2. The molecule has 0 bridgehead atoms. The fraction of sp³-hybridized carbons (Fsp3) is 0.133. The van der Waals surface area contributed by atoms with Gasteiger partial charge in [0.2, 0.25) is 0 Å². The van der Waals surface area contributed by atoms with Crippen LogP contribution in [-0.2, 0) is 5.88 Å². The van der Waals surface area contributed by atoms with Gasteiger partial charge in [-0.2, -0.15) is 0 Å². The zero-order valence-electron chi connectivity index (χ0n) is 11.1. The van der Waals surface area contributed by atoms with E-state index in [2.05, 4.69) is 20.9 Å². The van der Waals surface area contributed by atoms with E-state index in [1.807, 2.05) is 41.0 Å². The molecular formula is C15H11BrCl2N2O. The molecule has 0 amide bonds. The quantitative estimate of drug-likeness (QED) is 0.580. The summed E-state index contributed by atoms with van der Waals surface area (Å²) in [6.45, 7) is 0. The summed E-state index contributed by atoms with van der Waals surface area (Å²) in [4.78, 5) is 4.58. The van der Waals surface area contributed by atoms with E-state index < -0.39 is 0 Å². The lowest BCUT2D eigenvalue weighted by atomic mass is 10.2. The molecule has 3 nitrogen and oxygen atoms in total. The monoisotopic (exact) mass is 384 g/mol. The maximum absolute atomic E-state index is 6.05. The number of hydrogen-bond donors (Lipinski definition) is 0. The van der Waals surface area contributed by atoms with Gasteiger partial charge in [0, 0.05) is 15.6 Å². The molecule has 6 heteroatoms. The number of nitrogens with zero attached hydrogens (tertiary/aromatic N) is 2. The van der Waals surface area contributed by atoms with Crippen molar-refractivity contribution in [2.45, 2.75) is 5.88 Å². The van der Waals surface area contributed by atoms with Crippen LogP contribution in [-0.4, -0.2) is 16.7 Å². The molecule has 0 saturated carbocycles. The van der Waals surface area contributed by atoms with Gasteiger partial charge in [0.05, 0.1) is 29.7 Å². The largest absolute Gasteiger partial charge is 0.497 e. The van der Waals surface area contributed by atoms with E-state index >= 15 is 0 Å². The van der Waals surface area contributed by atoms with Crippen LogP contribution in [0.3, 0.4) is 0 Å². The SMILES string of the molecule is COc1ccc2c(c1)nc(CCl)n2-c1ccc(Cl)cc1Br. The van der Waals surface area contributed by atoms with Crippen molar-refractivity contribution in [2.75, 3.05) is 7.11 Å². The molecular weight excluding hydrogens is 375 g/mol. The number of fused-ring (bicyclic) bond motifs is 1. The lowest BCUT2D eigenvalue weighted by molar-refractivity contribution is 0.415. The van der Waals surface area contributed by atoms with E-state index in [4.69, 9.17) is 27.9 Å². The first-order valence-electron chi connectivity index (χ1n) is 6.21. The van der Waals surface area contributed by atoms with Gasteiger partial charge >= 0.3 is 0 Å². The van der Waals surface area contributed by atoms with Gasteiger partial charge in [0.15, 0.2) is 0 Å². The summed E-state index contributed by atoms with van der Waals surface area (Å²) < 4.78 is 8.14. The second kappa shape index (κ2) is 5.87. The average molecular weight is 386 g/mol. The molecule has 1 heterocycles.